The summed E-state index contributed by atoms with van der Waals surface area (Å²) in [5, 5.41) is 11.7. The molecule has 1 unspecified atom stereocenters. The van der Waals surface area contributed by atoms with E-state index in [9.17, 15) is 4.79 Å². The summed E-state index contributed by atoms with van der Waals surface area (Å²) in [4.78, 5) is 11.5. The van der Waals surface area contributed by atoms with Crippen LogP contribution in [0.3, 0.4) is 0 Å². The van der Waals surface area contributed by atoms with E-state index in [4.69, 9.17) is 5.11 Å². The lowest BCUT2D eigenvalue weighted by Gasteiger charge is -2.26. The molecule has 1 atom stereocenters. The molecule has 0 radical (unpaired) electrons. The molecule has 3 nitrogen and oxygen atoms in total. The molecule has 78 valence electrons. The van der Waals surface area contributed by atoms with Crippen LogP contribution in [0.2, 0.25) is 0 Å². The first-order chi connectivity index (χ1) is 5.80. The van der Waals surface area contributed by atoms with Gasteiger partial charge >= 0.3 is 0 Å². The zero-order valence-corrected chi connectivity index (χ0v) is 9.22. The second-order valence-electron chi connectivity index (χ2n) is 4.56. The highest BCUT2D eigenvalue weighted by Crippen LogP contribution is 2.11. The first-order valence-corrected chi connectivity index (χ1v) is 4.73. The van der Waals surface area contributed by atoms with E-state index in [0.29, 0.717) is 5.92 Å². The maximum atomic E-state index is 11.5. The summed E-state index contributed by atoms with van der Waals surface area (Å²) in [7, 11) is 0. The second-order valence-corrected chi connectivity index (χ2v) is 4.56. The quantitative estimate of drug-likeness (QED) is 0.694. The standard InChI is InChI=1S/C10H21NO2/c1-7(2)8(3)9(13)11-10(4,5)6-12/h7-8,12H,6H2,1-5H3,(H,11,13). The minimum absolute atomic E-state index is 0.00838. The van der Waals surface area contributed by atoms with Gasteiger partial charge in [0, 0.05) is 5.92 Å². The van der Waals surface area contributed by atoms with Crippen LogP contribution in [-0.2, 0) is 4.79 Å². The Kier molecular flexibility index (Phi) is 4.40. The van der Waals surface area contributed by atoms with Gasteiger partial charge in [-0.2, -0.15) is 0 Å². The summed E-state index contributed by atoms with van der Waals surface area (Å²) >= 11 is 0. The van der Waals surface area contributed by atoms with Gasteiger partial charge in [-0.1, -0.05) is 20.8 Å². The van der Waals surface area contributed by atoms with Crippen LogP contribution < -0.4 is 5.32 Å². The average Bonchev–Trinajstić information content (AvgIpc) is 2.02. The minimum atomic E-state index is -0.514. The average molecular weight is 187 g/mol. The van der Waals surface area contributed by atoms with Gasteiger partial charge in [0.1, 0.15) is 0 Å². The van der Waals surface area contributed by atoms with Crippen LogP contribution in [-0.4, -0.2) is 23.2 Å². The molecule has 0 rings (SSSR count). The van der Waals surface area contributed by atoms with E-state index >= 15 is 0 Å². The van der Waals surface area contributed by atoms with Crippen LogP contribution in [0.1, 0.15) is 34.6 Å². The van der Waals surface area contributed by atoms with Gasteiger partial charge in [0.2, 0.25) is 5.91 Å². The molecule has 0 saturated heterocycles. The van der Waals surface area contributed by atoms with Crippen LogP contribution in [0, 0.1) is 11.8 Å². The molecule has 0 bridgehead atoms. The number of rotatable bonds is 4. The van der Waals surface area contributed by atoms with Crippen molar-refractivity contribution in [2.45, 2.75) is 40.2 Å². The lowest BCUT2D eigenvalue weighted by molar-refractivity contribution is -0.127. The lowest BCUT2D eigenvalue weighted by atomic mass is 9.95. The summed E-state index contributed by atoms with van der Waals surface area (Å²) < 4.78 is 0. The van der Waals surface area contributed by atoms with E-state index in [1.54, 1.807) is 13.8 Å². The normalized spacial score (nSPS) is 14.4. The van der Waals surface area contributed by atoms with Gasteiger partial charge < -0.3 is 10.4 Å². The third kappa shape index (κ3) is 4.27. The predicted molar refractivity (Wildman–Crippen MR) is 53.3 cm³/mol. The largest absolute Gasteiger partial charge is 0.394 e. The smallest absolute Gasteiger partial charge is 0.223 e. The molecule has 0 spiro atoms. The van der Waals surface area contributed by atoms with Crippen LogP contribution in [0.4, 0.5) is 0 Å². The Bertz CT molecular complexity index is 176. The number of carbonyl (C=O) groups is 1. The number of hydrogen-bond donors (Lipinski definition) is 2. The van der Waals surface area contributed by atoms with Gasteiger partial charge in [-0.05, 0) is 19.8 Å². The number of aliphatic hydroxyl groups excluding tert-OH is 1. The Morgan fingerprint density at radius 3 is 2.15 bits per heavy atom. The van der Waals surface area contributed by atoms with Crippen molar-refractivity contribution in [1.82, 2.24) is 5.32 Å². The monoisotopic (exact) mass is 187 g/mol. The molecule has 0 aliphatic rings. The molecular weight excluding hydrogens is 166 g/mol. The highest BCUT2D eigenvalue weighted by molar-refractivity contribution is 5.79. The van der Waals surface area contributed by atoms with Gasteiger partial charge in [0.25, 0.3) is 0 Å². The first kappa shape index (κ1) is 12.4. The molecule has 1 amide bonds. The number of nitrogens with one attached hydrogen (secondary N) is 1. The second kappa shape index (κ2) is 4.61. The highest BCUT2D eigenvalue weighted by atomic mass is 16.3. The van der Waals surface area contributed by atoms with Crippen LogP contribution in [0.15, 0.2) is 0 Å². The molecule has 13 heavy (non-hydrogen) atoms. The van der Waals surface area contributed by atoms with E-state index < -0.39 is 5.54 Å². The summed E-state index contributed by atoms with van der Waals surface area (Å²) in [6, 6.07) is 0. The number of aliphatic hydroxyl groups is 1. The minimum Gasteiger partial charge on any atom is -0.394 e. The van der Waals surface area contributed by atoms with Crippen molar-refractivity contribution in [2.24, 2.45) is 11.8 Å². The summed E-state index contributed by atoms with van der Waals surface area (Å²) in [5.74, 6) is 0.328. The van der Waals surface area contributed by atoms with Crippen molar-refractivity contribution in [1.29, 1.82) is 0 Å². The fourth-order valence-corrected chi connectivity index (χ4v) is 0.790. The zero-order chi connectivity index (χ0) is 10.6. The number of amides is 1. The third-order valence-corrected chi connectivity index (χ3v) is 2.27. The summed E-state index contributed by atoms with van der Waals surface area (Å²) in [5.41, 5.74) is -0.514. The molecular formula is C10H21NO2. The molecule has 0 fully saturated rings. The fraction of sp³-hybridized carbons (Fsp3) is 0.900. The van der Waals surface area contributed by atoms with E-state index in [2.05, 4.69) is 5.32 Å². The van der Waals surface area contributed by atoms with E-state index in [0.717, 1.165) is 0 Å². The van der Waals surface area contributed by atoms with Crippen molar-refractivity contribution >= 4 is 5.91 Å². The van der Waals surface area contributed by atoms with Gasteiger partial charge in [0.05, 0.1) is 12.1 Å². The summed E-state index contributed by atoms with van der Waals surface area (Å²) in [6.45, 7) is 9.49. The van der Waals surface area contributed by atoms with Gasteiger partial charge in [-0.25, -0.2) is 0 Å². The van der Waals surface area contributed by atoms with E-state index in [1.165, 1.54) is 0 Å². The molecule has 0 aliphatic carbocycles. The maximum absolute atomic E-state index is 11.5. The van der Waals surface area contributed by atoms with Crippen molar-refractivity contribution in [2.75, 3.05) is 6.61 Å². The van der Waals surface area contributed by atoms with Crippen LogP contribution in [0.25, 0.3) is 0 Å². The van der Waals surface area contributed by atoms with Crippen LogP contribution >= 0.6 is 0 Å². The predicted octanol–water partition coefficient (Wildman–Crippen LogP) is 1.17. The Labute approximate surface area is 80.5 Å². The van der Waals surface area contributed by atoms with Crippen LogP contribution in [0.5, 0.6) is 0 Å². The molecule has 3 heteroatoms. The van der Waals surface area contributed by atoms with Gasteiger partial charge in [-0.3, -0.25) is 4.79 Å². The third-order valence-electron chi connectivity index (χ3n) is 2.27. The maximum Gasteiger partial charge on any atom is 0.223 e. The molecule has 0 heterocycles. The molecule has 0 aromatic heterocycles. The SMILES string of the molecule is CC(C)C(C)C(=O)NC(C)(C)CO. The Hall–Kier alpha value is -0.570. The first-order valence-electron chi connectivity index (χ1n) is 4.73. The van der Waals surface area contributed by atoms with Crippen molar-refractivity contribution in [3.05, 3.63) is 0 Å². The van der Waals surface area contributed by atoms with Crippen molar-refractivity contribution in [3.63, 3.8) is 0 Å². The lowest BCUT2D eigenvalue weighted by Crippen LogP contribution is -2.48. The molecule has 2 N–H and O–H groups in total. The van der Waals surface area contributed by atoms with Gasteiger partial charge in [-0.15, -0.1) is 0 Å². The topological polar surface area (TPSA) is 49.3 Å². The number of hydrogen-bond acceptors (Lipinski definition) is 2. The fourth-order valence-electron chi connectivity index (χ4n) is 0.790. The molecule has 0 aromatic rings. The van der Waals surface area contributed by atoms with Gasteiger partial charge in [0.15, 0.2) is 0 Å². The Morgan fingerprint density at radius 2 is 1.85 bits per heavy atom. The molecule has 0 aromatic carbocycles. The molecule has 0 aliphatic heterocycles. The number of carbonyl (C=O) groups excluding carboxylic acids is 1. The Morgan fingerprint density at radius 1 is 1.38 bits per heavy atom. The zero-order valence-electron chi connectivity index (χ0n) is 9.22. The summed E-state index contributed by atoms with van der Waals surface area (Å²) in [6.07, 6.45) is 0. The van der Waals surface area contributed by atoms with Crippen molar-refractivity contribution in [3.8, 4) is 0 Å². The molecule has 0 saturated carbocycles. The Balaban J connectivity index is 4.15. The van der Waals surface area contributed by atoms with E-state index in [1.807, 2.05) is 20.8 Å². The van der Waals surface area contributed by atoms with E-state index in [-0.39, 0.29) is 18.4 Å². The highest BCUT2D eigenvalue weighted by Gasteiger charge is 2.23. The van der Waals surface area contributed by atoms with Crippen molar-refractivity contribution < 1.29 is 9.90 Å².